The SMILES string of the molecule is CNCC(=O)O[C@@H]1CC[C@@]2(C)[C@@H](C1)C[C@@H](O)[C@@H]1[C@@H]2C[C@H](O)[C@]2(C)[C@@H]([C@H](C)CCC(=O)O)CC[C@@H]12. The molecule has 0 amide bonds. The van der Waals surface area contributed by atoms with Gasteiger partial charge in [-0.1, -0.05) is 20.8 Å². The van der Waals surface area contributed by atoms with Gasteiger partial charge in [-0.15, -0.1) is 0 Å². The van der Waals surface area contributed by atoms with Crippen molar-refractivity contribution in [2.24, 2.45) is 46.3 Å². The zero-order valence-electron chi connectivity index (χ0n) is 21.3. The summed E-state index contributed by atoms with van der Waals surface area (Å²) in [5, 5.41) is 35.1. The average molecular weight is 480 g/mol. The number of carbonyl (C=O) groups is 2. The lowest BCUT2D eigenvalue weighted by atomic mass is 9.43. The number of aliphatic carboxylic acids is 1. The lowest BCUT2D eigenvalue weighted by Crippen LogP contribution is -2.62. The normalized spacial score (nSPS) is 46.6. The number of hydrogen-bond donors (Lipinski definition) is 4. The minimum absolute atomic E-state index is 0.0329. The van der Waals surface area contributed by atoms with Crippen LogP contribution in [0.5, 0.6) is 0 Å². The number of hydrogen-bond acceptors (Lipinski definition) is 6. The number of carbonyl (C=O) groups excluding carboxylic acids is 1. The highest BCUT2D eigenvalue weighted by atomic mass is 16.5. The van der Waals surface area contributed by atoms with Crippen LogP contribution in [-0.2, 0) is 14.3 Å². The van der Waals surface area contributed by atoms with Crippen molar-refractivity contribution in [1.29, 1.82) is 0 Å². The molecule has 4 N–H and O–H groups in total. The Balaban J connectivity index is 1.52. The van der Waals surface area contributed by atoms with Gasteiger partial charge in [0.15, 0.2) is 0 Å². The summed E-state index contributed by atoms with van der Waals surface area (Å²) in [4.78, 5) is 23.2. The quantitative estimate of drug-likeness (QED) is 0.414. The van der Waals surface area contributed by atoms with E-state index in [1.165, 1.54) is 0 Å². The molecule has 0 radical (unpaired) electrons. The van der Waals surface area contributed by atoms with Crippen LogP contribution in [0.1, 0.15) is 78.6 Å². The fraction of sp³-hybridized carbons (Fsp3) is 0.926. The Kier molecular flexibility index (Phi) is 7.39. The van der Waals surface area contributed by atoms with Crippen molar-refractivity contribution in [3.63, 3.8) is 0 Å². The molecule has 0 unspecified atom stereocenters. The number of likely N-dealkylation sites (N-methyl/N-ethyl adjacent to an activating group) is 1. The third-order valence-electron chi connectivity index (χ3n) is 10.9. The highest BCUT2D eigenvalue weighted by Crippen LogP contribution is 2.68. The van der Waals surface area contributed by atoms with Gasteiger partial charge in [0, 0.05) is 6.42 Å². The second-order valence-corrected chi connectivity index (χ2v) is 12.4. The number of aliphatic hydroxyl groups excluding tert-OH is 2. The molecule has 194 valence electrons. The van der Waals surface area contributed by atoms with Gasteiger partial charge in [-0.3, -0.25) is 9.59 Å². The monoisotopic (exact) mass is 479 g/mol. The van der Waals surface area contributed by atoms with E-state index in [9.17, 15) is 19.8 Å². The molecular formula is C27H45NO6. The Hall–Kier alpha value is -1.18. The molecule has 11 atom stereocenters. The van der Waals surface area contributed by atoms with Crippen molar-refractivity contribution in [1.82, 2.24) is 5.32 Å². The van der Waals surface area contributed by atoms with Crippen molar-refractivity contribution in [2.75, 3.05) is 13.6 Å². The summed E-state index contributed by atoms with van der Waals surface area (Å²) in [6, 6.07) is 0. The zero-order valence-corrected chi connectivity index (χ0v) is 21.3. The molecule has 0 aromatic heterocycles. The van der Waals surface area contributed by atoms with Crippen LogP contribution >= 0.6 is 0 Å². The maximum absolute atomic E-state index is 12.0. The summed E-state index contributed by atoms with van der Waals surface area (Å²) in [5.74, 6) is 0.529. The number of carboxylic acid groups (broad SMARTS) is 1. The highest BCUT2D eigenvalue weighted by Gasteiger charge is 2.65. The molecule has 0 bridgehead atoms. The molecular weight excluding hydrogens is 434 g/mol. The number of esters is 1. The Labute approximate surface area is 204 Å². The summed E-state index contributed by atoms with van der Waals surface area (Å²) in [6.07, 6.45) is 5.90. The van der Waals surface area contributed by atoms with Gasteiger partial charge in [-0.05, 0) is 105 Å². The molecule has 0 spiro atoms. The summed E-state index contributed by atoms with van der Waals surface area (Å²) >= 11 is 0. The van der Waals surface area contributed by atoms with Gasteiger partial charge in [0.1, 0.15) is 6.10 Å². The van der Waals surface area contributed by atoms with Gasteiger partial charge in [-0.25, -0.2) is 0 Å². The lowest BCUT2D eigenvalue weighted by Gasteiger charge is -2.63. The minimum atomic E-state index is -0.760. The van der Waals surface area contributed by atoms with Gasteiger partial charge in [-0.2, -0.15) is 0 Å². The van der Waals surface area contributed by atoms with E-state index in [0.717, 1.165) is 38.5 Å². The first-order valence-corrected chi connectivity index (χ1v) is 13.4. The van der Waals surface area contributed by atoms with Crippen LogP contribution in [0.2, 0.25) is 0 Å². The molecule has 0 aromatic rings. The van der Waals surface area contributed by atoms with E-state index in [1.54, 1.807) is 7.05 Å². The third-order valence-corrected chi connectivity index (χ3v) is 10.9. The largest absolute Gasteiger partial charge is 0.481 e. The van der Waals surface area contributed by atoms with Crippen LogP contribution < -0.4 is 5.32 Å². The van der Waals surface area contributed by atoms with Gasteiger partial charge in [0.05, 0.1) is 18.8 Å². The van der Waals surface area contributed by atoms with Gasteiger partial charge < -0.3 is 25.4 Å². The Morgan fingerprint density at radius 1 is 1.09 bits per heavy atom. The van der Waals surface area contributed by atoms with Crippen molar-refractivity contribution < 1.29 is 29.6 Å². The lowest BCUT2D eigenvalue weighted by molar-refractivity contribution is -0.209. The van der Waals surface area contributed by atoms with Crippen LogP contribution in [0.25, 0.3) is 0 Å². The Morgan fingerprint density at radius 3 is 2.50 bits per heavy atom. The maximum Gasteiger partial charge on any atom is 0.320 e. The topological polar surface area (TPSA) is 116 Å². The van der Waals surface area contributed by atoms with Crippen LogP contribution in [0, 0.1) is 46.3 Å². The van der Waals surface area contributed by atoms with Gasteiger partial charge in [0.25, 0.3) is 0 Å². The molecule has 7 nitrogen and oxygen atoms in total. The molecule has 7 heteroatoms. The van der Waals surface area contributed by atoms with E-state index in [4.69, 9.17) is 9.84 Å². The smallest absolute Gasteiger partial charge is 0.320 e. The van der Waals surface area contributed by atoms with Crippen LogP contribution in [0.4, 0.5) is 0 Å². The first kappa shape index (κ1) is 25.9. The molecule has 4 aliphatic rings. The standard InChI is InChI=1S/C27H45NO6/c1-15(5-8-23(31)32)18-6-7-19-25-20(13-22(30)27(18,19)3)26(2)10-9-17(34-24(33)14-28-4)11-16(26)12-21(25)29/h15-22,25,28-30H,5-14H2,1-4H3,(H,31,32)/t15-,16+,17-,18-,19+,20+,21-,22+,25+,26+,27-/m1/s1. The number of nitrogens with one attached hydrogen (secondary N) is 1. The van der Waals surface area contributed by atoms with E-state index >= 15 is 0 Å². The third kappa shape index (κ3) is 4.30. The van der Waals surface area contributed by atoms with E-state index in [1.807, 2.05) is 0 Å². The summed E-state index contributed by atoms with van der Waals surface area (Å²) in [5.41, 5.74) is -0.242. The highest BCUT2D eigenvalue weighted by molar-refractivity contribution is 5.71. The number of aliphatic hydroxyl groups is 2. The summed E-state index contributed by atoms with van der Waals surface area (Å²) < 4.78 is 5.71. The van der Waals surface area contributed by atoms with Crippen LogP contribution in [0.3, 0.4) is 0 Å². The number of ether oxygens (including phenoxy) is 1. The molecule has 4 aliphatic carbocycles. The molecule has 0 saturated heterocycles. The van der Waals surface area contributed by atoms with Gasteiger partial charge >= 0.3 is 11.9 Å². The molecule has 34 heavy (non-hydrogen) atoms. The molecule has 4 saturated carbocycles. The maximum atomic E-state index is 12.0. The molecule has 4 fully saturated rings. The molecule has 4 rings (SSSR count). The van der Waals surface area contributed by atoms with Crippen LogP contribution in [-0.4, -0.2) is 59.2 Å². The first-order chi connectivity index (χ1) is 16.0. The number of rotatable bonds is 7. The summed E-state index contributed by atoms with van der Waals surface area (Å²) in [7, 11) is 1.74. The first-order valence-electron chi connectivity index (χ1n) is 13.4. The molecule has 0 heterocycles. The van der Waals surface area contributed by atoms with Crippen molar-refractivity contribution in [3.8, 4) is 0 Å². The number of carboxylic acids is 1. The Morgan fingerprint density at radius 2 is 1.82 bits per heavy atom. The second kappa shape index (κ2) is 9.70. The minimum Gasteiger partial charge on any atom is -0.481 e. The van der Waals surface area contributed by atoms with Crippen LogP contribution in [0.15, 0.2) is 0 Å². The summed E-state index contributed by atoms with van der Waals surface area (Å²) in [6.45, 7) is 6.92. The van der Waals surface area contributed by atoms with Crippen molar-refractivity contribution in [2.45, 2.75) is 96.9 Å². The molecule has 0 aliphatic heterocycles. The predicted octanol–water partition coefficient (Wildman–Crippen LogP) is 3.22. The number of fused-ring (bicyclic) bond motifs is 5. The van der Waals surface area contributed by atoms with E-state index in [-0.39, 0.29) is 71.4 Å². The second-order valence-electron chi connectivity index (χ2n) is 12.4. The zero-order chi connectivity index (χ0) is 24.8. The fourth-order valence-corrected chi connectivity index (χ4v) is 9.15. The van der Waals surface area contributed by atoms with Crippen molar-refractivity contribution >= 4 is 11.9 Å². The molecule has 0 aromatic carbocycles. The van der Waals surface area contributed by atoms with E-state index < -0.39 is 18.2 Å². The van der Waals surface area contributed by atoms with Gasteiger partial charge in [0.2, 0.25) is 0 Å². The van der Waals surface area contributed by atoms with Crippen molar-refractivity contribution in [3.05, 3.63) is 0 Å². The van der Waals surface area contributed by atoms with E-state index in [0.29, 0.717) is 12.8 Å². The van der Waals surface area contributed by atoms with E-state index in [2.05, 4.69) is 26.1 Å². The average Bonchev–Trinajstić information content (AvgIpc) is 3.12. The predicted molar refractivity (Wildman–Crippen MR) is 128 cm³/mol. The fourth-order valence-electron chi connectivity index (χ4n) is 9.15. The Bertz CT molecular complexity index is 774.